The molecule has 1 N–H and O–H groups in total. The van der Waals surface area contributed by atoms with Crippen LogP contribution in [-0.2, 0) is 5.54 Å². The van der Waals surface area contributed by atoms with E-state index in [1.807, 2.05) is 0 Å². The molecule has 2 heterocycles. The molecule has 24 heavy (non-hydrogen) atoms. The molecule has 0 bridgehead atoms. The van der Waals surface area contributed by atoms with Crippen molar-refractivity contribution in [1.29, 1.82) is 0 Å². The standard InChI is InChI=1S/C20H20N2S2/c1-12-6-5-7-14(10-12)21-19-23-17-15-9-8-13(2)11-16(15)22-20(3,4)18(17)24-19/h5-11,22H,1-4H3. The minimum atomic E-state index is -0.0718. The molecule has 0 unspecified atom stereocenters. The molecular formula is C20H20N2S2. The quantitative estimate of drug-likeness (QED) is 0.572. The van der Waals surface area contributed by atoms with Crippen molar-refractivity contribution in [1.82, 2.24) is 0 Å². The Balaban J connectivity index is 1.90. The van der Waals surface area contributed by atoms with Gasteiger partial charge in [0, 0.05) is 11.3 Å². The van der Waals surface area contributed by atoms with Gasteiger partial charge in [-0.25, -0.2) is 4.99 Å². The lowest BCUT2D eigenvalue weighted by molar-refractivity contribution is 0.621. The van der Waals surface area contributed by atoms with Crippen molar-refractivity contribution < 1.29 is 0 Å². The van der Waals surface area contributed by atoms with Gasteiger partial charge in [-0.05, 0) is 57.0 Å². The van der Waals surface area contributed by atoms with E-state index in [4.69, 9.17) is 4.99 Å². The van der Waals surface area contributed by atoms with Crippen molar-refractivity contribution in [3.8, 4) is 10.4 Å². The number of anilines is 1. The molecule has 0 radical (unpaired) electrons. The van der Waals surface area contributed by atoms with Crippen LogP contribution in [0.25, 0.3) is 10.4 Å². The van der Waals surface area contributed by atoms with Crippen molar-refractivity contribution in [2.24, 2.45) is 4.99 Å². The van der Waals surface area contributed by atoms with Gasteiger partial charge >= 0.3 is 0 Å². The largest absolute Gasteiger partial charge is 0.375 e. The first-order valence-electron chi connectivity index (χ1n) is 8.07. The normalized spacial score (nSPS) is 15.6. The maximum atomic E-state index is 4.87. The lowest BCUT2D eigenvalue weighted by Gasteiger charge is -2.33. The van der Waals surface area contributed by atoms with E-state index in [9.17, 15) is 0 Å². The van der Waals surface area contributed by atoms with E-state index in [1.54, 1.807) is 22.7 Å². The van der Waals surface area contributed by atoms with Crippen molar-refractivity contribution in [3.63, 3.8) is 0 Å². The summed E-state index contributed by atoms with van der Waals surface area (Å²) in [5.41, 5.74) is 6.00. The van der Waals surface area contributed by atoms with Crippen molar-refractivity contribution in [2.75, 3.05) is 5.32 Å². The third kappa shape index (κ3) is 2.70. The predicted octanol–water partition coefficient (Wildman–Crippen LogP) is 5.99. The van der Waals surface area contributed by atoms with Crippen LogP contribution in [0, 0.1) is 13.8 Å². The summed E-state index contributed by atoms with van der Waals surface area (Å²) in [7, 11) is 0. The molecule has 2 nitrogen and oxygen atoms in total. The molecule has 2 aromatic carbocycles. The first kappa shape index (κ1) is 15.6. The van der Waals surface area contributed by atoms with Crippen LogP contribution in [0.3, 0.4) is 0 Å². The Labute approximate surface area is 150 Å². The van der Waals surface area contributed by atoms with Gasteiger partial charge in [-0.1, -0.05) is 24.3 Å². The molecule has 4 heteroatoms. The van der Waals surface area contributed by atoms with Crippen molar-refractivity contribution in [3.05, 3.63) is 62.5 Å². The summed E-state index contributed by atoms with van der Waals surface area (Å²) in [6, 6.07) is 15.0. The van der Waals surface area contributed by atoms with Crippen LogP contribution >= 0.6 is 22.7 Å². The highest BCUT2D eigenvalue weighted by Crippen LogP contribution is 2.46. The molecule has 0 spiro atoms. The number of nitrogens with zero attached hydrogens (tertiary/aromatic N) is 1. The molecule has 0 aliphatic carbocycles. The van der Waals surface area contributed by atoms with Gasteiger partial charge in [0.2, 0.25) is 0 Å². The third-order valence-corrected chi connectivity index (χ3v) is 6.95. The highest BCUT2D eigenvalue weighted by atomic mass is 32.2. The minimum absolute atomic E-state index is 0.0718. The Bertz CT molecular complexity index is 993. The van der Waals surface area contributed by atoms with Crippen molar-refractivity contribution in [2.45, 2.75) is 33.2 Å². The number of benzene rings is 2. The highest BCUT2D eigenvalue weighted by molar-refractivity contribution is 7.30. The Kier molecular flexibility index (Phi) is 3.62. The molecule has 0 atom stereocenters. The molecule has 1 aliphatic rings. The summed E-state index contributed by atoms with van der Waals surface area (Å²) in [4.78, 5) is 7.59. The molecule has 122 valence electrons. The minimum Gasteiger partial charge on any atom is -0.375 e. The molecule has 1 aromatic heterocycles. The van der Waals surface area contributed by atoms with Gasteiger partial charge < -0.3 is 5.32 Å². The summed E-state index contributed by atoms with van der Waals surface area (Å²) >= 11 is 3.60. The molecular weight excluding hydrogens is 332 g/mol. The Morgan fingerprint density at radius 1 is 0.958 bits per heavy atom. The zero-order valence-electron chi connectivity index (χ0n) is 14.3. The number of aryl methyl sites for hydroxylation is 2. The zero-order valence-corrected chi connectivity index (χ0v) is 15.9. The highest BCUT2D eigenvalue weighted by Gasteiger charge is 2.32. The van der Waals surface area contributed by atoms with E-state index in [1.165, 1.54) is 32.1 Å². The molecule has 0 amide bonds. The fourth-order valence-corrected chi connectivity index (χ4v) is 5.79. The van der Waals surface area contributed by atoms with E-state index in [-0.39, 0.29) is 5.54 Å². The van der Waals surface area contributed by atoms with E-state index >= 15 is 0 Å². The van der Waals surface area contributed by atoms with E-state index in [0.29, 0.717) is 0 Å². The fourth-order valence-electron chi connectivity index (χ4n) is 3.08. The number of fused-ring (bicyclic) bond motifs is 3. The van der Waals surface area contributed by atoms with Gasteiger partial charge in [0.25, 0.3) is 0 Å². The summed E-state index contributed by atoms with van der Waals surface area (Å²) in [6.45, 7) is 8.74. The summed E-state index contributed by atoms with van der Waals surface area (Å²) in [6.07, 6.45) is 0. The molecule has 0 saturated carbocycles. The van der Waals surface area contributed by atoms with Crippen LogP contribution in [0.2, 0.25) is 0 Å². The second-order valence-corrected chi connectivity index (χ2v) is 9.13. The monoisotopic (exact) mass is 352 g/mol. The zero-order chi connectivity index (χ0) is 16.9. The van der Waals surface area contributed by atoms with Crippen LogP contribution in [-0.4, -0.2) is 0 Å². The predicted molar refractivity (Wildman–Crippen MR) is 105 cm³/mol. The Morgan fingerprint density at radius 2 is 1.75 bits per heavy atom. The lowest BCUT2D eigenvalue weighted by atomic mass is 9.93. The van der Waals surface area contributed by atoms with Crippen LogP contribution in [0.5, 0.6) is 0 Å². The Hall–Kier alpha value is -1.91. The topological polar surface area (TPSA) is 24.4 Å². The average Bonchev–Trinajstić information content (AvgIpc) is 2.91. The first-order chi connectivity index (χ1) is 11.4. The van der Waals surface area contributed by atoms with Crippen molar-refractivity contribution >= 4 is 34.0 Å². The van der Waals surface area contributed by atoms with Gasteiger partial charge in [0.05, 0.1) is 21.0 Å². The summed E-state index contributed by atoms with van der Waals surface area (Å²) in [5, 5.41) is 3.69. The van der Waals surface area contributed by atoms with Gasteiger partial charge in [0.15, 0.2) is 3.98 Å². The maximum absolute atomic E-state index is 4.87. The lowest BCUT2D eigenvalue weighted by Crippen LogP contribution is -2.30. The summed E-state index contributed by atoms with van der Waals surface area (Å²) < 4.78 is 1.11. The number of nitrogens with one attached hydrogen (secondary N) is 1. The van der Waals surface area contributed by atoms with Crippen LogP contribution in [0.15, 0.2) is 47.5 Å². The second kappa shape index (κ2) is 5.57. The maximum Gasteiger partial charge on any atom is 0.171 e. The van der Waals surface area contributed by atoms with E-state index < -0.39 is 0 Å². The summed E-state index contributed by atoms with van der Waals surface area (Å²) in [5.74, 6) is 0. The molecule has 0 fully saturated rings. The van der Waals surface area contributed by atoms with Gasteiger partial charge in [-0.2, -0.15) is 0 Å². The molecule has 1 aliphatic heterocycles. The Morgan fingerprint density at radius 3 is 2.54 bits per heavy atom. The van der Waals surface area contributed by atoms with E-state index in [2.05, 4.69) is 75.5 Å². The van der Waals surface area contributed by atoms with E-state index in [0.717, 1.165) is 9.67 Å². The van der Waals surface area contributed by atoms with Crippen LogP contribution in [0.1, 0.15) is 29.9 Å². The SMILES string of the molecule is Cc1cccc(N=c2sc3c(s2)C(C)(C)Nc2cc(C)ccc2-3)c1. The molecule has 3 aromatic rings. The molecule has 0 saturated heterocycles. The van der Waals surface area contributed by atoms with Gasteiger partial charge in [-0.15, -0.1) is 22.7 Å². The second-order valence-electron chi connectivity index (χ2n) is 6.88. The number of hydrogen-bond donors (Lipinski definition) is 1. The fraction of sp³-hybridized carbons (Fsp3) is 0.250. The number of hydrogen-bond acceptors (Lipinski definition) is 4. The average molecular weight is 353 g/mol. The first-order valence-corrected chi connectivity index (χ1v) is 9.71. The molecule has 4 rings (SSSR count). The smallest absolute Gasteiger partial charge is 0.171 e. The third-order valence-electron chi connectivity index (χ3n) is 4.24. The van der Waals surface area contributed by atoms with Crippen LogP contribution < -0.4 is 9.30 Å². The van der Waals surface area contributed by atoms with Gasteiger partial charge in [-0.3, -0.25) is 0 Å². The van der Waals surface area contributed by atoms with Crippen LogP contribution in [0.4, 0.5) is 11.4 Å². The van der Waals surface area contributed by atoms with Gasteiger partial charge in [0.1, 0.15) is 0 Å². The number of rotatable bonds is 1.